The molecule has 164 valence electrons. The van der Waals surface area contributed by atoms with Crippen molar-refractivity contribution in [3.05, 3.63) is 0 Å². The van der Waals surface area contributed by atoms with E-state index in [0.717, 1.165) is 65.4 Å². The number of nitrogens with one attached hydrogen (secondary N) is 4. The van der Waals surface area contributed by atoms with E-state index >= 15 is 0 Å². The van der Waals surface area contributed by atoms with E-state index in [9.17, 15) is 9.59 Å². The Bertz CT molecular complexity index is 378. The summed E-state index contributed by atoms with van der Waals surface area (Å²) in [4.78, 5) is 28.3. The molecule has 1 rings (SSSR count). The number of hydrogen-bond donors (Lipinski definition) is 6. The van der Waals surface area contributed by atoms with Gasteiger partial charge in [-0.3, -0.25) is 9.59 Å². The Hall–Kier alpha value is -1.30. The van der Waals surface area contributed by atoms with Crippen molar-refractivity contribution < 1.29 is 9.59 Å². The fourth-order valence-electron chi connectivity index (χ4n) is 2.97. The highest BCUT2D eigenvalue weighted by molar-refractivity contribution is 5.76. The lowest BCUT2D eigenvalue weighted by molar-refractivity contribution is -0.122. The van der Waals surface area contributed by atoms with Crippen LogP contribution in [0.1, 0.15) is 12.8 Å². The highest BCUT2D eigenvalue weighted by Gasteiger charge is 2.17. The van der Waals surface area contributed by atoms with Crippen LogP contribution >= 0.6 is 0 Å². The fraction of sp³-hybridized carbons (Fsp3) is 0.889. The van der Waals surface area contributed by atoms with Crippen LogP contribution in [0.4, 0.5) is 0 Å². The minimum absolute atomic E-state index is 0.0922. The molecule has 0 radical (unpaired) electrons. The lowest BCUT2D eigenvalue weighted by Gasteiger charge is -2.34. The predicted molar refractivity (Wildman–Crippen MR) is 112 cm³/mol. The van der Waals surface area contributed by atoms with Crippen LogP contribution in [0.15, 0.2) is 0 Å². The maximum Gasteiger partial charge on any atom is 0.221 e. The van der Waals surface area contributed by atoms with Crippen molar-refractivity contribution >= 4 is 11.8 Å². The van der Waals surface area contributed by atoms with Crippen LogP contribution in [0.5, 0.6) is 0 Å². The van der Waals surface area contributed by atoms with Gasteiger partial charge < -0.3 is 42.5 Å². The number of carbonyl (C=O) groups excluding carboxylic acids is 2. The van der Waals surface area contributed by atoms with Crippen LogP contribution in [0.3, 0.4) is 0 Å². The third kappa shape index (κ3) is 13.0. The van der Waals surface area contributed by atoms with Crippen molar-refractivity contribution in [2.45, 2.75) is 12.8 Å². The standard InChI is InChI=1S/C18H40N8O2/c19-3-5-21-7-9-23-17(27)1-11-25-13-15-26(16-14-25)12-2-18(28)24-10-8-22-6-4-20/h21-22H,1-16,19-20H2,(H,23,27)(H,24,28). The molecule has 0 saturated carbocycles. The summed E-state index contributed by atoms with van der Waals surface area (Å²) in [5.41, 5.74) is 10.8. The first-order valence-electron chi connectivity index (χ1n) is 10.5. The van der Waals surface area contributed by atoms with Crippen molar-refractivity contribution in [2.75, 3.05) is 91.6 Å². The zero-order valence-corrected chi connectivity index (χ0v) is 17.2. The van der Waals surface area contributed by atoms with Gasteiger partial charge in [0.2, 0.25) is 11.8 Å². The second kappa shape index (κ2) is 16.6. The number of hydrogen-bond acceptors (Lipinski definition) is 8. The monoisotopic (exact) mass is 400 g/mol. The van der Waals surface area contributed by atoms with Crippen LogP contribution in [-0.4, -0.2) is 113 Å². The number of nitrogens with two attached hydrogens (primary N) is 2. The van der Waals surface area contributed by atoms with E-state index in [2.05, 4.69) is 31.1 Å². The lowest BCUT2D eigenvalue weighted by Crippen LogP contribution is -2.48. The van der Waals surface area contributed by atoms with Crippen molar-refractivity contribution in [1.82, 2.24) is 31.1 Å². The van der Waals surface area contributed by atoms with Crippen LogP contribution < -0.4 is 32.7 Å². The molecule has 0 aliphatic carbocycles. The molecule has 2 amide bonds. The summed E-state index contributed by atoms with van der Waals surface area (Å²) >= 11 is 0. The first kappa shape index (κ1) is 24.7. The molecule has 10 nitrogen and oxygen atoms in total. The SMILES string of the molecule is NCCNCCNC(=O)CCN1CCN(CCC(=O)NCCNCCN)CC1. The molecule has 1 fully saturated rings. The van der Waals surface area contributed by atoms with Gasteiger partial charge in [-0.05, 0) is 0 Å². The summed E-state index contributed by atoms with van der Waals surface area (Å²) in [5.74, 6) is 0.184. The van der Waals surface area contributed by atoms with Crippen LogP contribution in [0.2, 0.25) is 0 Å². The quantitative estimate of drug-likeness (QED) is 0.148. The van der Waals surface area contributed by atoms with Crippen molar-refractivity contribution in [3.63, 3.8) is 0 Å². The van der Waals surface area contributed by atoms with Crippen LogP contribution in [-0.2, 0) is 9.59 Å². The molecule has 1 aliphatic rings. The van der Waals surface area contributed by atoms with Gasteiger partial charge >= 0.3 is 0 Å². The first-order valence-corrected chi connectivity index (χ1v) is 10.5. The van der Waals surface area contributed by atoms with Gasteiger partial charge in [-0.2, -0.15) is 0 Å². The van der Waals surface area contributed by atoms with Gasteiger partial charge in [-0.1, -0.05) is 0 Å². The van der Waals surface area contributed by atoms with E-state index in [1.165, 1.54) is 0 Å². The maximum atomic E-state index is 11.8. The molecule has 0 spiro atoms. The molecule has 0 aromatic carbocycles. The van der Waals surface area contributed by atoms with Gasteiger partial charge in [0.05, 0.1) is 0 Å². The van der Waals surface area contributed by atoms with E-state index in [4.69, 9.17) is 11.5 Å². The Morgan fingerprint density at radius 3 is 1.39 bits per heavy atom. The van der Waals surface area contributed by atoms with E-state index < -0.39 is 0 Å². The molecule has 0 unspecified atom stereocenters. The molecule has 28 heavy (non-hydrogen) atoms. The van der Waals surface area contributed by atoms with E-state index in [0.29, 0.717) is 39.0 Å². The molecule has 0 atom stereocenters. The van der Waals surface area contributed by atoms with Gasteiger partial charge in [0, 0.05) is 104 Å². The number of amides is 2. The number of rotatable bonds is 16. The molecule has 10 heteroatoms. The van der Waals surface area contributed by atoms with Gasteiger partial charge in [0.1, 0.15) is 0 Å². The topological polar surface area (TPSA) is 141 Å². The molecule has 0 bridgehead atoms. The minimum Gasteiger partial charge on any atom is -0.355 e. The molecule has 1 heterocycles. The minimum atomic E-state index is 0.0922. The molecular weight excluding hydrogens is 360 g/mol. The third-order valence-electron chi connectivity index (χ3n) is 4.67. The molecule has 1 aliphatic heterocycles. The van der Waals surface area contributed by atoms with Crippen molar-refractivity contribution in [1.29, 1.82) is 0 Å². The molecule has 1 saturated heterocycles. The smallest absolute Gasteiger partial charge is 0.221 e. The molecule has 0 aromatic heterocycles. The highest BCUT2D eigenvalue weighted by Crippen LogP contribution is 2.03. The largest absolute Gasteiger partial charge is 0.355 e. The Morgan fingerprint density at radius 1 is 0.643 bits per heavy atom. The lowest BCUT2D eigenvalue weighted by atomic mass is 10.2. The summed E-state index contributed by atoms with van der Waals surface area (Å²) < 4.78 is 0. The summed E-state index contributed by atoms with van der Waals surface area (Å²) in [6, 6.07) is 0. The number of nitrogens with zero attached hydrogens (tertiary/aromatic N) is 2. The zero-order chi connectivity index (χ0) is 20.5. The molecule has 0 aromatic rings. The van der Waals surface area contributed by atoms with Gasteiger partial charge in [0.15, 0.2) is 0 Å². The summed E-state index contributed by atoms with van der Waals surface area (Å²) in [6.45, 7) is 10.9. The molecule has 8 N–H and O–H groups in total. The van der Waals surface area contributed by atoms with Gasteiger partial charge in [-0.25, -0.2) is 0 Å². The normalized spacial score (nSPS) is 15.5. The average molecular weight is 401 g/mol. The van der Waals surface area contributed by atoms with Crippen LogP contribution in [0, 0.1) is 0 Å². The average Bonchev–Trinajstić information content (AvgIpc) is 2.71. The maximum absolute atomic E-state index is 11.8. The molecular formula is C18H40N8O2. The third-order valence-corrected chi connectivity index (χ3v) is 4.67. The Kier molecular flexibility index (Phi) is 14.7. The highest BCUT2D eigenvalue weighted by atomic mass is 16.2. The second-order valence-corrected chi connectivity index (χ2v) is 6.96. The summed E-state index contributed by atoms with van der Waals surface area (Å²) in [6.07, 6.45) is 1.05. The van der Waals surface area contributed by atoms with Crippen LogP contribution in [0.25, 0.3) is 0 Å². The van der Waals surface area contributed by atoms with E-state index in [-0.39, 0.29) is 11.8 Å². The van der Waals surface area contributed by atoms with E-state index in [1.54, 1.807) is 0 Å². The zero-order valence-electron chi connectivity index (χ0n) is 17.2. The van der Waals surface area contributed by atoms with Gasteiger partial charge in [0.25, 0.3) is 0 Å². The summed E-state index contributed by atoms with van der Waals surface area (Å²) in [7, 11) is 0. The van der Waals surface area contributed by atoms with Crippen molar-refractivity contribution in [2.24, 2.45) is 11.5 Å². The number of piperazine rings is 1. The predicted octanol–water partition coefficient (Wildman–Crippen LogP) is -3.29. The fourth-order valence-corrected chi connectivity index (χ4v) is 2.97. The Labute approximate surface area is 169 Å². The Morgan fingerprint density at radius 2 is 1.04 bits per heavy atom. The van der Waals surface area contributed by atoms with Gasteiger partial charge in [-0.15, -0.1) is 0 Å². The van der Waals surface area contributed by atoms with E-state index in [1.807, 2.05) is 0 Å². The summed E-state index contributed by atoms with van der Waals surface area (Å²) in [5, 5.41) is 12.1. The van der Waals surface area contributed by atoms with Crippen molar-refractivity contribution in [3.8, 4) is 0 Å². The Balaban J connectivity index is 1.99. The first-order chi connectivity index (χ1) is 13.7. The second-order valence-electron chi connectivity index (χ2n) is 6.96. The number of carbonyl (C=O) groups is 2.